The summed E-state index contributed by atoms with van der Waals surface area (Å²) in [6, 6.07) is 14.1. The van der Waals surface area contributed by atoms with Crippen molar-refractivity contribution in [2.24, 2.45) is 5.73 Å². The van der Waals surface area contributed by atoms with Gasteiger partial charge in [0.25, 0.3) is 0 Å². The minimum Gasteiger partial charge on any atom is -0.454 e. The molecule has 0 unspecified atom stereocenters. The number of halogens is 1. The second-order valence-electron chi connectivity index (χ2n) is 3.72. The highest BCUT2D eigenvalue weighted by Crippen LogP contribution is 2.24. The van der Waals surface area contributed by atoms with Crippen LogP contribution in [0.3, 0.4) is 0 Å². The molecule has 0 bridgehead atoms. The monoisotopic (exact) mass is 231 g/mol. The Morgan fingerprint density at radius 1 is 1.06 bits per heavy atom. The van der Waals surface area contributed by atoms with Crippen LogP contribution in [0, 0.1) is 5.82 Å². The summed E-state index contributed by atoms with van der Waals surface area (Å²) in [5, 5.41) is 0. The molecule has 0 aliphatic carbocycles. The fourth-order valence-electron chi connectivity index (χ4n) is 1.56. The third-order valence-corrected chi connectivity index (χ3v) is 2.40. The molecule has 2 aromatic carbocycles. The van der Waals surface area contributed by atoms with Gasteiger partial charge in [-0.05, 0) is 42.8 Å². The molecule has 88 valence electrons. The Hall–Kier alpha value is -1.87. The van der Waals surface area contributed by atoms with Crippen molar-refractivity contribution in [1.29, 1.82) is 0 Å². The first kappa shape index (κ1) is 11.6. The number of para-hydroxylation sites is 1. The molecular weight excluding hydrogens is 217 g/mol. The maximum absolute atomic E-state index is 13.7. The van der Waals surface area contributed by atoms with Crippen molar-refractivity contribution in [1.82, 2.24) is 0 Å². The van der Waals surface area contributed by atoms with Crippen molar-refractivity contribution in [3.8, 4) is 11.5 Å². The van der Waals surface area contributed by atoms with E-state index in [4.69, 9.17) is 10.5 Å². The number of hydrogen-bond acceptors (Lipinski definition) is 2. The lowest BCUT2D eigenvalue weighted by Crippen LogP contribution is -2.03. The highest BCUT2D eigenvalue weighted by atomic mass is 19.1. The van der Waals surface area contributed by atoms with Gasteiger partial charge in [-0.1, -0.05) is 24.3 Å². The Morgan fingerprint density at radius 2 is 1.82 bits per heavy atom. The van der Waals surface area contributed by atoms with Gasteiger partial charge in [-0.25, -0.2) is 4.39 Å². The van der Waals surface area contributed by atoms with Crippen molar-refractivity contribution in [3.05, 3.63) is 59.9 Å². The number of nitrogens with two attached hydrogens (primary N) is 1. The Bertz CT molecular complexity index is 485. The summed E-state index contributed by atoms with van der Waals surface area (Å²) in [5.74, 6) is 0.495. The summed E-state index contributed by atoms with van der Waals surface area (Å²) in [4.78, 5) is 0. The summed E-state index contributed by atoms with van der Waals surface area (Å²) in [7, 11) is 0. The topological polar surface area (TPSA) is 35.2 Å². The molecule has 2 N–H and O–H groups in total. The van der Waals surface area contributed by atoms with Crippen molar-refractivity contribution in [3.63, 3.8) is 0 Å². The molecule has 0 aliphatic rings. The molecule has 0 amide bonds. The SMILES string of the molecule is NCCc1ccc(Oc2ccccc2)c(F)c1. The molecule has 0 aromatic heterocycles. The lowest BCUT2D eigenvalue weighted by Gasteiger charge is -2.07. The van der Waals surface area contributed by atoms with Crippen molar-refractivity contribution in [2.45, 2.75) is 6.42 Å². The zero-order chi connectivity index (χ0) is 12.1. The highest BCUT2D eigenvalue weighted by molar-refractivity contribution is 5.34. The molecule has 0 atom stereocenters. The van der Waals surface area contributed by atoms with E-state index >= 15 is 0 Å². The maximum Gasteiger partial charge on any atom is 0.165 e. The minimum atomic E-state index is -0.361. The normalized spacial score (nSPS) is 10.2. The van der Waals surface area contributed by atoms with Crippen LogP contribution in [-0.2, 0) is 6.42 Å². The molecule has 2 nitrogen and oxygen atoms in total. The summed E-state index contributed by atoms with van der Waals surface area (Å²) in [5.41, 5.74) is 6.30. The standard InChI is InChI=1S/C14H14FNO/c15-13-10-11(8-9-16)6-7-14(13)17-12-4-2-1-3-5-12/h1-7,10H,8-9,16H2. The predicted octanol–water partition coefficient (Wildman–Crippen LogP) is 3.12. The van der Waals surface area contributed by atoms with Crippen LogP contribution in [0.25, 0.3) is 0 Å². The Kier molecular flexibility index (Phi) is 3.73. The molecule has 0 saturated heterocycles. The highest BCUT2D eigenvalue weighted by Gasteiger charge is 2.05. The first-order valence-electron chi connectivity index (χ1n) is 5.51. The molecule has 0 heterocycles. The van der Waals surface area contributed by atoms with Crippen LogP contribution in [0.4, 0.5) is 4.39 Å². The van der Waals surface area contributed by atoms with Crippen LogP contribution < -0.4 is 10.5 Å². The zero-order valence-electron chi connectivity index (χ0n) is 9.40. The van der Waals surface area contributed by atoms with Gasteiger partial charge >= 0.3 is 0 Å². The predicted molar refractivity (Wildman–Crippen MR) is 65.7 cm³/mol. The van der Waals surface area contributed by atoms with E-state index in [-0.39, 0.29) is 11.6 Å². The average Bonchev–Trinajstić information content (AvgIpc) is 2.34. The number of benzene rings is 2. The van der Waals surface area contributed by atoms with E-state index in [0.29, 0.717) is 18.7 Å². The van der Waals surface area contributed by atoms with Crippen molar-refractivity contribution < 1.29 is 9.13 Å². The van der Waals surface area contributed by atoms with Crippen LogP contribution in [-0.4, -0.2) is 6.54 Å². The second kappa shape index (κ2) is 5.46. The summed E-state index contributed by atoms with van der Waals surface area (Å²) in [6.45, 7) is 0.512. The molecular formula is C14H14FNO. The van der Waals surface area contributed by atoms with Gasteiger partial charge < -0.3 is 10.5 Å². The van der Waals surface area contributed by atoms with Gasteiger partial charge in [-0.3, -0.25) is 0 Å². The van der Waals surface area contributed by atoms with Gasteiger partial charge in [-0.2, -0.15) is 0 Å². The van der Waals surface area contributed by atoms with E-state index in [0.717, 1.165) is 5.56 Å². The molecule has 0 radical (unpaired) electrons. The summed E-state index contributed by atoms with van der Waals surface area (Å²) >= 11 is 0. The maximum atomic E-state index is 13.7. The van der Waals surface area contributed by atoms with Gasteiger partial charge in [0.15, 0.2) is 11.6 Å². The third kappa shape index (κ3) is 3.04. The number of ether oxygens (including phenoxy) is 1. The number of rotatable bonds is 4. The molecule has 0 saturated carbocycles. The Morgan fingerprint density at radius 3 is 2.47 bits per heavy atom. The fourth-order valence-corrected chi connectivity index (χ4v) is 1.56. The summed E-state index contributed by atoms with van der Waals surface area (Å²) < 4.78 is 19.1. The van der Waals surface area contributed by atoms with E-state index in [1.165, 1.54) is 6.07 Å². The van der Waals surface area contributed by atoms with E-state index in [1.54, 1.807) is 18.2 Å². The van der Waals surface area contributed by atoms with Crippen LogP contribution in [0.2, 0.25) is 0 Å². The Balaban J connectivity index is 2.17. The van der Waals surface area contributed by atoms with Crippen LogP contribution >= 0.6 is 0 Å². The van der Waals surface area contributed by atoms with Crippen molar-refractivity contribution >= 4 is 0 Å². The first-order valence-corrected chi connectivity index (χ1v) is 5.51. The van der Waals surface area contributed by atoms with E-state index in [1.807, 2.05) is 24.3 Å². The average molecular weight is 231 g/mol. The fraction of sp³-hybridized carbons (Fsp3) is 0.143. The van der Waals surface area contributed by atoms with E-state index in [9.17, 15) is 4.39 Å². The first-order chi connectivity index (χ1) is 8.29. The third-order valence-electron chi connectivity index (χ3n) is 2.40. The van der Waals surface area contributed by atoms with Gasteiger partial charge in [0.05, 0.1) is 0 Å². The molecule has 0 fully saturated rings. The Labute approximate surface area is 99.8 Å². The lowest BCUT2D eigenvalue weighted by atomic mass is 10.1. The zero-order valence-corrected chi connectivity index (χ0v) is 9.40. The molecule has 2 aromatic rings. The minimum absolute atomic E-state index is 0.233. The van der Waals surface area contributed by atoms with Gasteiger partial charge in [-0.15, -0.1) is 0 Å². The van der Waals surface area contributed by atoms with Gasteiger partial charge in [0.1, 0.15) is 5.75 Å². The van der Waals surface area contributed by atoms with Crippen LogP contribution in [0.5, 0.6) is 11.5 Å². The lowest BCUT2D eigenvalue weighted by molar-refractivity contribution is 0.441. The van der Waals surface area contributed by atoms with Gasteiger partial charge in [0.2, 0.25) is 0 Å². The second-order valence-corrected chi connectivity index (χ2v) is 3.72. The molecule has 3 heteroatoms. The summed E-state index contributed by atoms with van der Waals surface area (Å²) in [6.07, 6.45) is 0.669. The van der Waals surface area contributed by atoms with E-state index < -0.39 is 0 Å². The number of hydrogen-bond donors (Lipinski definition) is 1. The van der Waals surface area contributed by atoms with Gasteiger partial charge in [0, 0.05) is 0 Å². The molecule has 0 aliphatic heterocycles. The van der Waals surface area contributed by atoms with Crippen LogP contribution in [0.1, 0.15) is 5.56 Å². The molecule has 2 rings (SSSR count). The van der Waals surface area contributed by atoms with Crippen LogP contribution in [0.15, 0.2) is 48.5 Å². The van der Waals surface area contributed by atoms with Crippen molar-refractivity contribution in [2.75, 3.05) is 6.54 Å². The quantitative estimate of drug-likeness (QED) is 0.877. The van der Waals surface area contributed by atoms with E-state index in [2.05, 4.69) is 0 Å². The molecule has 17 heavy (non-hydrogen) atoms. The largest absolute Gasteiger partial charge is 0.454 e. The smallest absolute Gasteiger partial charge is 0.165 e. The molecule has 0 spiro atoms.